The number of carbonyl (C=O) groups excluding carboxylic acids is 3. The molecule has 30 heavy (non-hydrogen) atoms. The van der Waals surface area contributed by atoms with Crippen molar-refractivity contribution in [2.45, 2.75) is 56.8 Å². The molecule has 1 aromatic rings. The second-order valence-electron chi connectivity index (χ2n) is 8.97. The van der Waals surface area contributed by atoms with Crippen LogP contribution in [0.25, 0.3) is 0 Å². The third-order valence-electron chi connectivity index (χ3n) is 6.89. The fraction of sp³-hybridized carbons (Fsp3) is 0.571. The van der Waals surface area contributed by atoms with Crippen molar-refractivity contribution in [2.24, 2.45) is 5.41 Å². The molecule has 160 valence electrons. The number of hydrogen-bond donors (Lipinski definition) is 3. The van der Waals surface area contributed by atoms with Crippen molar-refractivity contribution in [1.29, 1.82) is 0 Å². The maximum Gasteiger partial charge on any atom is 0.255 e. The van der Waals surface area contributed by atoms with Gasteiger partial charge in [-0.25, -0.2) is 8.78 Å². The summed E-state index contributed by atoms with van der Waals surface area (Å²) < 4.78 is 27.0. The van der Waals surface area contributed by atoms with Gasteiger partial charge >= 0.3 is 0 Å². The molecule has 5 rings (SSSR count). The highest BCUT2D eigenvalue weighted by Gasteiger charge is 2.72. The first kappa shape index (κ1) is 19.6. The smallest absolute Gasteiger partial charge is 0.255 e. The molecular formula is C21H24F2N4O3. The predicted octanol–water partition coefficient (Wildman–Crippen LogP) is 0.925. The van der Waals surface area contributed by atoms with E-state index in [9.17, 15) is 23.2 Å². The number of nitrogens with zero attached hydrogens (tertiary/aromatic N) is 1. The summed E-state index contributed by atoms with van der Waals surface area (Å²) in [4.78, 5) is 37.9. The normalized spacial score (nSPS) is 31.9. The Morgan fingerprint density at radius 3 is 2.73 bits per heavy atom. The molecule has 1 aromatic carbocycles. The third-order valence-corrected chi connectivity index (χ3v) is 6.89. The third kappa shape index (κ3) is 3.20. The highest BCUT2D eigenvalue weighted by atomic mass is 19.3. The van der Waals surface area contributed by atoms with Gasteiger partial charge in [0.2, 0.25) is 11.8 Å². The van der Waals surface area contributed by atoms with Gasteiger partial charge in [0.25, 0.3) is 11.8 Å². The van der Waals surface area contributed by atoms with Crippen molar-refractivity contribution < 1.29 is 23.2 Å². The van der Waals surface area contributed by atoms with Crippen LogP contribution in [0, 0.1) is 5.41 Å². The van der Waals surface area contributed by atoms with E-state index in [0.29, 0.717) is 44.6 Å². The van der Waals surface area contributed by atoms with E-state index in [1.807, 2.05) is 18.2 Å². The van der Waals surface area contributed by atoms with Gasteiger partial charge in [-0.05, 0) is 30.0 Å². The van der Waals surface area contributed by atoms with Crippen molar-refractivity contribution in [2.75, 3.05) is 13.1 Å². The zero-order chi connectivity index (χ0) is 21.1. The Morgan fingerprint density at radius 2 is 2.03 bits per heavy atom. The minimum atomic E-state index is -2.52. The number of hydrogen-bond acceptors (Lipinski definition) is 5. The average molecular weight is 418 g/mol. The number of alkyl halides is 2. The minimum Gasteiger partial charge on any atom is -0.322 e. The van der Waals surface area contributed by atoms with Crippen LogP contribution in [0.15, 0.2) is 18.2 Å². The number of nitrogens with one attached hydrogen (secondary N) is 3. The molecule has 1 spiro atoms. The summed E-state index contributed by atoms with van der Waals surface area (Å²) >= 11 is 0. The van der Waals surface area contributed by atoms with Gasteiger partial charge in [-0.2, -0.15) is 0 Å². The van der Waals surface area contributed by atoms with Crippen molar-refractivity contribution >= 4 is 17.7 Å². The topological polar surface area (TPSA) is 90.5 Å². The van der Waals surface area contributed by atoms with Gasteiger partial charge in [0.1, 0.15) is 6.04 Å². The van der Waals surface area contributed by atoms with Crippen LogP contribution in [0.2, 0.25) is 0 Å². The van der Waals surface area contributed by atoms with E-state index in [-0.39, 0.29) is 30.7 Å². The molecule has 3 unspecified atom stereocenters. The number of benzene rings is 1. The van der Waals surface area contributed by atoms with E-state index in [1.165, 1.54) is 4.90 Å². The van der Waals surface area contributed by atoms with Crippen LogP contribution in [-0.2, 0) is 22.7 Å². The molecule has 2 saturated heterocycles. The quantitative estimate of drug-likeness (QED) is 0.619. The van der Waals surface area contributed by atoms with Gasteiger partial charge in [-0.15, -0.1) is 0 Å². The van der Waals surface area contributed by atoms with Crippen LogP contribution in [0.5, 0.6) is 0 Å². The number of fused-ring (bicyclic) bond motifs is 1. The molecular weight excluding hydrogens is 394 g/mol. The van der Waals surface area contributed by atoms with Gasteiger partial charge in [-0.3, -0.25) is 19.7 Å². The fourth-order valence-corrected chi connectivity index (χ4v) is 5.00. The highest BCUT2D eigenvalue weighted by Crippen LogP contribution is 2.64. The first-order valence-electron chi connectivity index (χ1n) is 10.4. The SMILES string of the molecule is O=C1CCC(N2Cc3ccc(CNCC4CC5(CN4)CC5(F)F)cc3C2=O)C(=O)N1. The molecule has 1 saturated carbocycles. The summed E-state index contributed by atoms with van der Waals surface area (Å²) in [5.41, 5.74) is 1.54. The molecule has 3 aliphatic heterocycles. The zero-order valence-electron chi connectivity index (χ0n) is 16.5. The Morgan fingerprint density at radius 1 is 1.23 bits per heavy atom. The molecule has 3 heterocycles. The van der Waals surface area contributed by atoms with E-state index in [4.69, 9.17) is 0 Å². The largest absolute Gasteiger partial charge is 0.322 e. The Kier molecular flexibility index (Phi) is 4.44. The Bertz CT molecular complexity index is 937. The number of rotatable bonds is 5. The van der Waals surface area contributed by atoms with E-state index >= 15 is 0 Å². The second kappa shape index (κ2) is 6.81. The van der Waals surface area contributed by atoms with Gasteiger partial charge in [0.15, 0.2) is 0 Å². The lowest BCUT2D eigenvalue weighted by atomic mass is 10.0. The number of carbonyl (C=O) groups is 3. The summed E-state index contributed by atoms with van der Waals surface area (Å²) in [5.74, 6) is -3.44. The van der Waals surface area contributed by atoms with Crippen LogP contribution in [0.3, 0.4) is 0 Å². The average Bonchev–Trinajstić information content (AvgIpc) is 2.98. The van der Waals surface area contributed by atoms with Crippen LogP contribution in [0.4, 0.5) is 8.78 Å². The first-order valence-corrected chi connectivity index (χ1v) is 10.4. The molecule has 7 nitrogen and oxygen atoms in total. The van der Waals surface area contributed by atoms with Crippen LogP contribution in [-0.4, -0.2) is 53.7 Å². The lowest BCUT2D eigenvalue weighted by molar-refractivity contribution is -0.136. The Labute approximate surface area is 172 Å². The summed E-state index contributed by atoms with van der Waals surface area (Å²) in [7, 11) is 0. The van der Waals surface area contributed by atoms with E-state index in [0.717, 1.165) is 11.1 Å². The second-order valence-corrected chi connectivity index (χ2v) is 8.97. The van der Waals surface area contributed by atoms with E-state index in [1.54, 1.807) is 0 Å². The lowest BCUT2D eigenvalue weighted by Crippen LogP contribution is -2.52. The molecule has 9 heteroatoms. The van der Waals surface area contributed by atoms with Crippen LogP contribution < -0.4 is 16.0 Å². The molecule has 0 radical (unpaired) electrons. The summed E-state index contributed by atoms with van der Waals surface area (Å²) in [6.45, 7) is 1.85. The van der Waals surface area contributed by atoms with Crippen molar-refractivity contribution in [3.63, 3.8) is 0 Å². The van der Waals surface area contributed by atoms with Crippen LogP contribution >= 0.6 is 0 Å². The van der Waals surface area contributed by atoms with E-state index < -0.39 is 23.3 Å². The standard InChI is InChI=1S/C21H24F2N4O3/c22-21(23)10-20(21)6-14(25-11-20)8-24-7-12-1-2-13-9-27(19(30)15(13)5-12)16-3-4-17(28)26-18(16)29/h1-2,5,14,16,24-25H,3-4,6-11H2,(H,26,28,29). The van der Waals surface area contributed by atoms with Crippen molar-refractivity contribution in [1.82, 2.24) is 20.9 Å². The number of imide groups is 1. The fourth-order valence-electron chi connectivity index (χ4n) is 5.00. The van der Waals surface area contributed by atoms with Crippen molar-refractivity contribution in [3.8, 4) is 0 Å². The van der Waals surface area contributed by atoms with Crippen LogP contribution in [0.1, 0.15) is 47.2 Å². The Hall–Kier alpha value is -2.39. The molecule has 1 aliphatic carbocycles. The maximum atomic E-state index is 13.5. The first-order chi connectivity index (χ1) is 14.3. The van der Waals surface area contributed by atoms with Gasteiger partial charge < -0.3 is 15.5 Å². The zero-order valence-corrected chi connectivity index (χ0v) is 16.5. The van der Waals surface area contributed by atoms with E-state index in [2.05, 4.69) is 16.0 Å². The monoisotopic (exact) mass is 418 g/mol. The van der Waals surface area contributed by atoms with Gasteiger partial charge in [-0.1, -0.05) is 12.1 Å². The maximum absolute atomic E-state index is 13.5. The number of amides is 3. The van der Waals surface area contributed by atoms with Crippen molar-refractivity contribution in [3.05, 3.63) is 34.9 Å². The predicted molar refractivity (Wildman–Crippen MR) is 103 cm³/mol. The molecule has 3 atom stereocenters. The molecule has 0 bridgehead atoms. The summed E-state index contributed by atoms with van der Waals surface area (Å²) in [6.07, 6.45) is 1.04. The van der Waals surface area contributed by atoms with Gasteiger partial charge in [0, 0.05) is 50.6 Å². The summed E-state index contributed by atoms with van der Waals surface area (Å²) in [5, 5.41) is 8.78. The number of piperidine rings is 1. The molecule has 3 N–H and O–H groups in total. The Balaban J connectivity index is 1.17. The molecule has 0 aromatic heterocycles. The molecule has 3 fully saturated rings. The number of halogens is 2. The highest BCUT2D eigenvalue weighted by molar-refractivity contribution is 6.05. The summed E-state index contributed by atoms with van der Waals surface area (Å²) in [6, 6.07) is 5.06. The molecule has 4 aliphatic rings. The lowest BCUT2D eigenvalue weighted by Gasteiger charge is -2.29. The minimum absolute atomic E-state index is 0.0138. The molecule has 3 amide bonds. The van der Waals surface area contributed by atoms with Gasteiger partial charge in [0.05, 0.1) is 5.41 Å².